The average Bonchev–Trinajstić information content (AvgIpc) is 2.20. The molecule has 3 heteroatoms. The Morgan fingerprint density at radius 3 is 2.27 bits per heavy atom. The Hall–Kier alpha value is -0.570. The number of aliphatic hydroxyl groups excluding tert-OH is 1. The lowest BCUT2D eigenvalue weighted by Crippen LogP contribution is -2.09. The minimum Gasteiger partial charge on any atom is -0.466 e. The summed E-state index contributed by atoms with van der Waals surface area (Å²) in [6.45, 7) is 4.06. The maximum atomic E-state index is 10.1. The Labute approximate surface area is 92.8 Å². The van der Waals surface area contributed by atoms with Crippen molar-refractivity contribution < 1.29 is 14.6 Å². The van der Waals surface area contributed by atoms with E-state index in [1.807, 2.05) is 0 Å². The molecule has 90 valence electrons. The molecule has 1 rings (SSSR count). The van der Waals surface area contributed by atoms with E-state index in [-0.39, 0.29) is 12.1 Å². The van der Waals surface area contributed by atoms with Crippen molar-refractivity contribution in [3.63, 3.8) is 0 Å². The number of unbranched alkanes of at least 4 members (excludes halogenated alkanes) is 1. The van der Waals surface area contributed by atoms with Crippen LogP contribution < -0.4 is 0 Å². The van der Waals surface area contributed by atoms with Crippen LogP contribution >= 0.6 is 0 Å². The highest BCUT2D eigenvalue weighted by Gasteiger charge is 2.07. The van der Waals surface area contributed by atoms with Crippen LogP contribution in [-0.2, 0) is 9.53 Å². The molecule has 0 heterocycles. The maximum absolute atomic E-state index is 10.1. The van der Waals surface area contributed by atoms with Crippen LogP contribution in [0.15, 0.2) is 0 Å². The largest absolute Gasteiger partial charge is 0.466 e. The molecular formula is C12H24O3. The van der Waals surface area contributed by atoms with Crippen LogP contribution in [0.25, 0.3) is 0 Å². The molecule has 1 saturated carbocycles. The number of ether oxygens (including phenoxy) is 1. The zero-order chi connectivity index (χ0) is 11.5. The summed E-state index contributed by atoms with van der Waals surface area (Å²) in [6.07, 6.45) is 7.97. The Morgan fingerprint density at radius 1 is 1.33 bits per heavy atom. The van der Waals surface area contributed by atoms with Gasteiger partial charge in [0.05, 0.1) is 12.7 Å². The van der Waals surface area contributed by atoms with Crippen LogP contribution in [0, 0.1) is 0 Å². The highest BCUT2D eigenvalue weighted by Crippen LogP contribution is 2.16. The molecule has 1 aliphatic rings. The fraction of sp³-hybridized carbons (Fsp3) is 0.917. The molecule has 1 fully saturated rings. The highest BCUT2D eigenvalue weighted by molar-refractivity contribution is 5.65. The fourth-order valence-corrected chi connectivity index (χ4v) is 1.44. The van der Waals surface area contributed by atoms with Crippen molar-refractivity contribution >= 4 is 5.97 Å². The lowest BCUT2D eigenvalue weighted by Gasteiger charge is -2.14. The number of carbonyl (C=O) groups excluding carboxylic acids is 1. The van der Waals surface area contributed by atoms with E-state index in [4.69, 9.17) is 5.11 Å². The molecule has 3 nitrogen and oxygen atoms in total. The first-order chi connectivity index (χ1) is 7.16. The van der Waals surface area contributed by atoms with Gasteiger partial charge in [-0.1, -0.05) is 32.6 Å². The molecule has 0 unspecified atom stereocenters. The summed E-state index contributed by atoms with van der Waals surface area (Å²) in [5, 5.41) is 8.91. The van der Waals surface area contributed by atoms with Crippen LogP contribution in [0.5, 0.6) is 0 Å². The molecular weight excluding hydrogens is 192 g/mol. The first-order valence-corrected chi connectivity index (χ1v) is 5.98. The fourth-order valence-electron chi connectivity index (χ4n) is 1.44. The number of aliphatic hydroxyl groups is 1. The van der Waals surface area contributed by atoms with Crippen molar-refractivity contribution in [2.75, 3.05) is 6.61 Å². The van der Waals surface area contributed by atoms with Crippen LogP contribution in [-0.4, -0.2) is 23.8 Å². The van der Waals surface area contributed by atoms with Gasteiger partial charge >= 0.3 is 5.97 Å². The molecule has 0 radical (unpaired) electrons. The second-order valence-electron chi connectivity index (χ2n) is 3.99. The number of hydrogen-bond acceptors (Lipinski definition) is 3. The lowest BCUT2D eigenvalue weighted by molar-refractivity contribution is -0.141. The normalized spacial score (nSPS) is 16.5. The number of carbonyl (C=O) groups is 1. The molecule has 0 atom stereocenters. The van der Waals surface area contributed by atoms with Gasteiger partial charge in [-0.2, -0.15) is 0 Å². The van der Waals surface area contributed by atoms with E-state index in [0.29, 0.717) is 6.61 Å². The molecule has 0 aromatic rings. The summed E-state index contributed by atoms with van der Waals surface area (Å²) in [5.41, 5.74) is 0. The van der Waals surface area contributed by atoms with Crippen molar-refractivity contribution in [1.29, 1.82) is 0 Å². The van der Waals surface area contributed by atoms with Crippen LogP contribution in [0.3, 0.4) is 0 Å². The summed E-state index contributed by atoms with van der Waals surface area (Å²) in [4.78, 5) is 10.1. The van der Waals surface area contributed by atoms with Gasteiger partial charge in [-0.25, -0.2) is 0 Å². The summed E-state index contributed by atoms with van der Waals surface area (Å²) >= 11 is 0. The Balaban J connectivity index is 0.000000262. The maximum Gasteiger partial charge on any atom is 0.302 e. The van der Waals surface area contributed by atoms with Gasteiger partial charge in [0, 0.05) is 6.92 Å². The third-order valence-electron chi connectivity index (χ3n) is 2.38. The van der Waals surface area contributed by atoms with Gasteiger partial charge in [0.15, 0.2) is 0 Å². The van der Waals surface area contributed by atoms with E-state index in [0.717, 1.165) is 25.7 Å². The molecule has 0 bridgehead atoms. The Kier molecular flexibility index (Phi) is 9.59. The smallest absolute Gasteiger partial charge is 0.302 e. The van der Waals surface area contributed by atoms with Gasteiger partial charge in [-0.3, -0.25) is 4.79 Å². The van der Waals surface area contributed by atoms with Crippen LogP contribution in [0.4, 0.5) is 0 Å². The zero-order valence-electron chi connectivity index (χ0n) is 10.00. The van der Waals surface area contributed by atoms with Gasteiger partial charge in [-0.05, 0) is 19.3 Å². The molecule has 0 aromatic carbocycles. The molecule has 0 aliphatic heterocycles. The summed E-state index contributed by atoms with van der Waals surface area (Å²) in [6, 6.07) is 0. The van der Waals surface area contributed by atoms with Gasteiger partial charge in [0.2, 0.25) is 0 Å². The third kappa shape index (κ3) is 11.4. The first kappa shape index (κ1) is 14.4. The predicted octanol–water partition coefficient (Wildman–Crippen LogP) is 2.66. The minimum atomic E-state index is -0.182. The lowest BCUT2D eigenvalue weighted by atomic mass is 9.98. The van der Waals surface area contributed by atoms with E-state index < -0.39 is 0 Å². The van der Waals surface area contributed by atoms with Gasteiger partial charge in [0.25, 0.3) is 0 Å². The van der Waals surface area contributed by atoms with Gasteiger partial charge in [-0.15, -0.1) is 0 Å². The molecule has 0 spiro atoms. The van der Waals surface area contributed by atoms with Crippen LogP contribution in [0.2, 0.25) is 0 Å². The molecule has 0 saturated heterocycles. The molecule has 0 aromatic heterocycles. The number of esters is 1. The van der Waals surface area contributed by atoms with E-state index in [1.165, 1.54) is 26.2 Å². The van der Waals surface area contributed by atoms with Crippen LogP contribution in [0.1, 0.15) is 58.8 Å². The Bertz CT molecular complexity index is 151. The van der Waals surface area contributed by atoms with E-state index in [9.17, 15) is 4.79 Å². The summed E-state index contributed by atoms with van der Waals surface area (Å²) in [7, 11) is 0. The zero-order valence-corrected chi connectivity index (χ0v) is 10.00. The first-order valence-electron chi connectivity index (χ1n) is 5.98. The Morgan fingerprint density at radius 2 is 1.93 bits per heavy atom. The quantitative estimate of drug-likeness (QED) is 0.582. The van der Waals surface area contributed by atoms with Gasteiger partial charge in [0.1, 0.15) is 0 Å². The standard InChI is InChI=1S/C6H12O2.C6H12O/c1-3-4-5-8-6(2)7;7-6-4-2-1-3-5-6/h3-5H2,1-2H3;6-7H,1-5H2. The third-order valence-corrected chi connectivity index (χ3v) is 2.38. The molecule has 1 N–H and O–H groups in total. The van der Waals surface area contributed by atoms with Crippen molar-refractivity contribution in [3.05, 3.63) is 0 Å². The second-order valence-corrected chi connectivity index (χ2v) is 3.99. The summed E-state index contributed by atoms with van der Waals surface area (Å²) < 4.78 is 4.64. The van der Waals surface area contributed by atoms with E-state index in [1.54, 1.807) is 0 Å². The number of rotatable bonds is 3. The van der Waals surface area contributed by atoms with E-state index in [2.05, 4.69) is 11.7 Å². The van der Waals surface area contributed by atoms with Crippen molar-refractivity contribution in [2.45, 2.75) is 64.9 Å². The average molecular weight is 216 g/mol. The highest BCUT2D eigenvalue weighted by atomic mass is 16.5. The topological polar surface area (TPSA) is 46.5 Å². The van der Waals surface area contributed by atoms with Crippen molar-refractivity contribution in [1.82, 2.24) is 0 Å². The SMILES string of the molecule is CCCCOC(C)=O.OC1CCCCC1. The van der Waals surface area contributed by atoms with E-state index >= 15 is 0 Å². The number of hydrogen-bond donors (Lipinski definition) is 1. The monoisotopic (exact) mass is 216 g/mol. The summed E-state index contributed by atoms with van der Waals surface area (Å²) in [5.74, 6) is -0.182. The predicted molar refractivity (Wildman–Crippen MR) is 60.6 cm³/mol. The second kappa shape index (κ2) is 9.97. The molecule has 1 aliphatic carbocycles. The van der Waals surface area contributed by atoms with Crippen molar-refractivity contribution in [3.8, 4) is 0 Å². The molecule has 0 amide bonds. The van der Waals surface area contributed by atoms with Crippen molar-refractivity contribution in [2.24, 2.45) is 0 Å². The minimum absolute atomic E-state index is 0.0359. The molecule has 15 heavy (non-hydrogen) atoms. The van der Waals surface area contributed by atoms with Gasteiger partial charge < -0.3 is 9.84 Å².